The van der Waals surface area contributed by atoms with Crippen LogP contribution in [0.4, 0.5) is 4.39 Å². The SMILES string of the molecule is C#CCn1c(=NC(=O)c2cnn(-c3ccccc3)c2C)sc2cc(F)ccc21. The summed E-state index contributed by atoms with van der Waals surface area (Å²) in [5.41, 5.74) is 2.70. The van der Waals surface area contributed by atoms with Crippen molar-refractivity contribution in [3.05, 3.63) is 76.6 Å². The highest BCUT2D eigenvalue weighted by atomic mass is 32.1. The molecule has 7 heteroatoms. The van der Waals surface area contributed by atoms with E-state index in [0.717, 1.165) is 11.2 Å². The number of nitrogens with zero attached hydrogens (tertiary/aromatic N) is 4. The van der Waals surface area contributed by atoms with Crippen LogP contribution in [-0.2, 0) is 6.54 Å². The number of benzene rings is 2. The first-order valence-corrected chi connectivity index (χ1v) is 9.31. The molecule has 0 fully saturated rings. The Hall–Kier alpha value is -3.50. The van der Waals surface area contributed by atoms with Gasteiger partial charge in [0.25, 0.3) is 5.91 Å². The number of thiazole rings is 1. The number of terminal acetylenes is 1. The third-order valence-electron chi connectivity index (χ3n) is 4.33. The first kappa shape index (κ1) is 17.9. The number of aromatic nitrogens is 3. The molecule has 4 aromatic rings. The number of rotatable bonds is 3. The largest absolute Gasteiger partial charge is 0.305 e. The second-order valence-corrected chi connectivity index (χ2v) is 7.10. The van der Waals surface area contributed by atoms with Crippen molar-refractivity contribution in [2.24, 2.45) is 4.99 Å². The maximum Gasteiger partial charge on any atom is 0.283 e. The van der Waals surface area contributed by atoms with Gasteiger partial charge in [0.1, 0.15) is 5.82 Å². The number of fused-ring (bicyclic) bond motifs is 1. The molecule has 138 valence electrons. The van der Waals surface area contributed by atoms with Crippen LogP contribution < -0.4 is 4.80 Å². The second kappa shape index (κ2) is 7.25. The minimum Gasteiger partial charge on any atom is -0.305 e. The van der Waals surface area contributed by atoms with E-state index < -0.39 is 5.91 Å². The third kappa shape index (κ3) is 3.15. The van der Waals surface area contributed by atoms with E-state index in [1.54, 1.807) is 15.3 Å². The first-order chi connectivity index (χ1) is 13.6. The molecule has 0 N–H and O–H groups in total. The molecule has 0 atom stereocenters. The highest BCUT2D eigenvalue weighted by molar-refractivity contribution is 7.16. The molecule has 0 aliphatic rings. The fourth-order valence-electron chi connectivity index (χ4n) is 2.97. The van der Waals surface area contributed by atoms with Crippen LogP contribution in [0.15, 0.2) is 59.7 Å². The summed E-state index contributed by atoms with van der Waals surface area (Å²) in [6.45, 7) is 2.05. The number of hydrogen-bond acceptors (Lipinski definition) is 3. The molecule has 4 rings (SSSR count). The Morgan fingerprint density at radius 1 is 1.29 bits per heavy atom. The third-order valence-corrected chi connectivity index (χ3v) is 5.37. The Bertz CT molecular complexity index is 1290. The van der Waals surface area contributed by atoms with E-state index in [2.05, 4.69) is 16.0 Å². The highest BCUT2D eigenvalue weighted by Gasteiger charge is 2.16. The van der Waals surface area contributed by atoms with Crippen LogP contribution in [0.1, 0.15) is 16.1 Å². The average molecular weight is 390 g/mol. The number of para-hydroxylation sites is 1. The van der Waals surface area contributed by atoms with Crippen molar-refractivity contribution >= 4 is 27.5 Å². The van der Waals surface area contributed by atoms with Crippen molar-refractivity contribution in [1.82, 2.24) is 14.3 Å². The molecule has 0 unspecified atom stereocenters. The summed E-state index contributed by atoms with van der Waals surface area (Å²) in [4.78, 5) is 17.5. The van der Waals surface area contributed by atoms with Crippen molar-refractivity contribution in [3.8, 4) is 18.0 Å². The zero-order valence-electron chi connectivity index (χ0n) is 15.0. The summed E-state index contributed by atoms with van der Waals surface area (Å²) in [5, 5.41) is 4.31. The van der Waals surface area contributed by atoms with Gasteiger partial charge in [-0.3, -0.25) is 4.79 Å². The van der Waals surface area contributed by atoms with Crippen LogP contribution in [0, 0.1) is 25.1 Å². The van der Waals surface area contributed by atoms with E-state index in [9.17, 15) is 9.18 Å². The molecule has 0 radical (unpaired) electrons. The molecule has 0 saturated heterocycles. The molecule has 2 heterocycles. The predicted molar refractivity (Wildman–Crippen MR) is 107 cm³/mol. The summed E-state index contributed by atoms with van der Waals surface area (Å²) in [5.74, 6) is 1.79. The fourth-order valence-corrected chi connectivity index (χ4v) is 4.03. The summed E-state index contributed by atoms with van der Waals surface area (Å²) >= 11 is 1.22. The maximum absolute atomic E-state index is 13.6. The van der Waals surface area contributed by atoms with Crippen LogP contribution in [-0.4, -0.2) is 20.3 Å². The molecular formula is C21H15FN4OS. The molecule has 0 aliphatic carbocycles. The summed E-state index contributed by atoms with van der Waals surface area (Å²) in [7, 11) is 0. The normalized spacial score (nSPS) is 11.7. The van der Waals surface area contributed by atoms with Gasteiger partial charge in [0.2, 0.25) is 0 Å². The van der Waals surface area contributed by atoms with Gasteiger partial charge in [-0.05, 0) is 37.3 Å². The summed E-state index contributed by atoms with van der Waals surface area (Å²) in [6, 6.07) is 14.0. The lowest BCUT2D eigenvalue weighted by Gasteiger charge is -2.04. The van der Waals surface area contributed by atoms with Crippen LogP contribution in [0.25, 0.3) is 15.9 Å². The zero-order chi connectivity index (χ0) is 19.7. The first-order valence-electron chi connectivity index (χ1n) is 8.50. The molecule has 28 heavy (non-hydrogen) atoms. The topological polar surface area (TPSA) is 52.2 Å². The molecule has 0 bridgehead atoms. The van der Waals surface area contributed by atoms with E-state index in [4.69, 9.17) is 6.42 Å². The van der Waals surface area contributed by atoms with E-state index in [0.29, 0.717) is 20.8 Å². The van der Waals surface area contributed by atoms with Crippen molar-refractivity contribution in [2.45, 2.75) is 13.5 Å². The smallest absolute Gasteiger partial charge is 0.283 e. The maximum atomic E-state index is 13.6. The number of carbonyl (C=O) groups excluding carboxylic acids is 1. The lowest BCUT2D eigenvalue weighted by Crippen LogP contribution is -2.16. The molecule has 1 amide bonds. The number of halogens is 1. The van der Waals surface area contributed by atoms with E-state index in [1.807, 2.05) is 37.3 Å². The van der Waals surface area contributed by atoms with Gasteiger partial charge in [0.05, 0.1) is 39.9 Å². The van der Waals surface area contributed by atoms with E-state index >= 15 is 0 Å². The van der Waals surface area contributed by atoms with Crippen LogP contribution in [0.5, 0.6) is 0 Å². The summed E-state index contributed by atoms with van der Waals surface area (Å²) < 4.78 is 17.7. The number of carbonyl (C=O) groups is 1. The van der Waals surface area contributed by atoms with Crippen molar-refractivity contribution < 1.29 is 9.18 Å². The van der Waals surface area contributed by atoms with Gasteiger partial charge in [-0.15, -0.1) is 6.42 Å². The fraction of sp³-hybridized carbons (Fsp3) is 0.0952. The van der Waals surface area contributed by atoms with Gasteiger partial charge >= 0.3 is 0 Å². The van der Waals surface area contributed by atoms with E-state index in [-0.39, 0.29) is 12.4 Å². The Morgan fingerprint density at radius 2 is 2.07 bits per heavy atom. The molecule has 0 aliphatic heterocycles. The van der Waals surface area contributed by atoms with E-state index in [1.165, 1.54) is 29.7 Å². The van der Waals surface area contributed by atoms with Crippen molar-refractivity contribution in [2.75, 3.05) is 0 Å². The van der Waals surface area contributed by atoms with Gasteiger partial charge in [0, 0.05) is 0 Å². The quantitative estimate of drug-likeness (QED) is 0.501. The molecule has 0 spiro atoms. The molecular weight excluding hydrogens is 375 g/mol. The second-order valence-electron chi connectivity index (χ2n) is 6.09. The van der Waals surface area contributed by atoms with Crippen LogP contribution in [0.3, 0.4) is 0 Å². The minimum atomic E-state index is -0.419. The standard InChI is InChI=1S/C21H15FN4OS/c1-3-11-25-18-10-9-15(22)12-19(18)28-21(25)24-20(27)17-13-23-26(14(17)2)16-7-5-4-6-8-16/h1,4-10,12-13H,11H2,2H3. The van der Waals surface area contributed by atoms with Crippen LogP contribution >= 0.6 is 11.3 Å². The molecule has 0 saturated carbocycles. The number of amides is 1. The van der Waals surface area contributed by atoms with Gasteiger partial charge in [0.15, 0.2) is 4.80 Å². The van der Waals surface area contributed by atoms with Gasteiger partial charge in [-0.25, -0.2) is 9.07 Å². The molecule has 5 nitrogen and oxygen atoms in total. The van der Waals surface area contributed by atoms with Crippen molar-refractivity contribution in [1.29, 1.82) is 0 Å². The number of hydrogen-bond donors (Lipinski definition) is 0. The predicted octanol–water partition coefficient (Wildman–Crippen LogP) is 3.71. The molecule has 2 aromatic heterocycles. The lowest BCUT2D eigenvalue weighted by molar-refractivity contribution is 0.0997. The van der Waals surface area contributed by atoms with Crippen molar-refractivity contribution in [3.63, 3.8) is 0 Å². The Balaban J connectivity index is 1.80. The van der Waals surface area contributed by atoms with Gasteiger partial charge < -0.3 is 4.57 Å². The van der Waals surface area contributed by atoms with Gasteiger partial charge in [-0.2, -0.15) is 10.1 Å². The minimum absolute atomic E-state index is 0.236. The Labute approximate surface area is 164 Å². The monoisotopic (exact) mass is 390 g/mol. The summed E-state index contributed by atoms with van der Waals surface area (Å²) in [6.07, 6.45) is 6.97. The zero-order valence-corrected chi connectivity index (χ0v) is 15.8. The van der Waals surface area contributed by atoms with Gasteiger partial charge in [-0.1, -0.05) is 35.5 Å². The average Bonchev–Trinajstić information content (AvgIpc) is 3.23. The Kier molecular flexibility index (Phi) is 4.63. The Morgan fingerprint density at radius 3 is 2.82 bits per heavy atom. The van der Waals surface area contributed by atoms with Crippen LogP contribution in [0.2, 0.25) is 0 Å². The highest BCUT2D eigenvalue weighted by Crippen LogP contribution is 2.19. The lowest BCUT2D eigenvalue weighted by atomic mass is 10.2. The molecule has 2 aromatic carbocycles.